The number of hydrogen-bond acceptors (Lipinski definition) is 8. The monoisotopic (exact) mass is 416 g/mol. The Morgan fingerprint density at radius 3 is 2.54 bits per heavy atom. The zero-order valence-electron chi connectivity index (χ0n) is 14.8. The van der Waals surface area contributed by atoms with Crippen LogP contribution in [0, 0.1) is 6.92 Å². The first-order valence-electron chi connectivity index (χ1n) is 8.20. The van der Waals surface area contributed by atoms with Gasteiger partial charge in [-0.3, -0.25) is 14.9 Å². The van der Waals surface area contributed by atoms with Crippen LogP contribution in [0.15, 0.2) is 47.2 Å². The first-order chi connectivity index (χ1) is 13.5. The third kappa shape index (κ3) is 5.48. The first-order valence-corrected chi connectivity index (χ1v) is 9.96. The molecule has 0 fully saturated rings. The van der Waals surface area contributed by atoms with Crippen molar-refractivity contribution in [1.29, 1.82) is 0 Å². The van der Waals surface area contributed by atoms with Crippen molar-refractivity contribution in [2.24, 2.45) is 0 Å². The lowest BCUT2D eigenvalue weighted by Gasteiger charge is -2.07. The molecular formula is C19H16N2O5S2. The number of aryl methyl sites for hydroxylation is 1. The van der Waals surface area contributed by atoms with Crippen LogP contribution in [0.25, 0.3) is 0 Å². The van der Waals surface area contributed by atoms with Crippen LogP contribution < -0.4 is 10.1 Å². The molecule has 9 heteroatoms. The van der Waals surface area contributed by atoms with Gasteiger partial charge in [0.15, 0.2) is 6.61 Å². The molecule has 2 heterocycles. The van der Waals surface area contributed by atoms with E-state index >= 15 is 0 Å². The van der Waals surface area contributed by atoms with E-state index in [0.717, 1.165) is 10.7 Å². The van der Waals surface area contributed by atoms with Gasteiger partial charge in [0.2, 0.25) is 0 Å². The Morgan fingerprint density at radius 2 is 1.89 bits per heavy atom. The van der Waals surface area contributed by atoms with Crippen molar-refractivity contribution < 1.29 is 23.9 Å². The van der Waals surface area contributed by atoms with E-state index in [4.69, 9.17) is 9.47 Å². The zero-order chi connectivity index (χ0) is 19.9. The minimum atomic E-state index is -0.690. The molecule has 2 amide bonds. The second-order valence-corrected chi connectivity index (χ2v) is 7.61. The molecule has 0 saturated heterocycles. The van der Waals surface area contributed by atoms with Gasteiger partial charge >= 0.3 is 5.97 Å². The van der Waals surface area contributed by atoms with Gasteiger partial charge < -0.3 is 9.47 Å². The normalized spacial score (nSPS) is 10.3. The highest BCUT2D eigenvalue weighted by molar-refractivity contribution is 7.12. The van der Waals surface area contributed by atoms with E-state index in [9.17, 15) is 14.4 Å². The number of aromatic nitrogens is 1. The van der Waals surface area contributed by atoms with Gasteiger partial charge in [-0.25, -0.2) is 9.78 Å². The molecule has 0 radical (unpaired) electrons. The highest BCUT2D eigenvalue weighted by Crippen LogP contribution is 2.16. The van der Waals surface area contributed by atoms with Crippen LogP contribution in [0.2, 0.25) is 0 Å². The largest absolute Gasteiger partial charge is 0.487 e. The van der Waals surface area contributed by atoms with Crippen molar-refractivity contribution in [2.75, 3.05) is 6.61 Å². The second-order valence-electron chi connectivity index (χ2n) is 5.60. The molecule has 28 heavy (non-hydrogen) atoms. The number of ether oxygens (including phenoxy) is 2. The Labute approximate surface area is 168 Å². The highest BCUT2D eigenvalue weighted by atomic mass is 32.1. The van der Waals surface area contributed by atoms with E-state index in [2.05, 4.69) is 10.3 Å². The van der Waals surface area contributed by atoms with Crippen molar-refractivity contribution in [3.05, 3.63) is 68.3 Å². The second kappa shape index (κ2) is 9.25. The summed E-state index contributed by atoms with van der Waals surface area (Å²) in [6, 6.07) is 9.65. The summed E-state index contributed by atoms with van der Waals surface area (Å²) >= 11 is 2.76. The zero-order valence-corrected chi connectivity index (χ0v) is 16.5. The lowest BCUT2D eigenvalue weighted by Crippen LogP contribution is -2.33. The summed E-state index contributed by atoms with van der Waals surface area (Å²) in [5.74, 6) is -1.29. The smallest absolute Gasteiger partial charge is 0.338 e. The summed E-state index contributed by atoms with van der Waals surface area (Å²) in [6.07, 6.45) is 0. The molecule has 2 aromatic heterocycles. The van der Waals surface area contributed by atoms with E-state index < -0.39 is 24.4 Å². The predicted molar refractivity (Wildman–Crippen MR) is 105 cm³/mol. The lowest BCUT2D eigenvalue weighted by atomic mass is 10.2. The van der Waals surface area contributed by atoms with E-state index in [-0.39, 0.29) is 5.56 Å². The number of nitrogens with zero attached hydrogens (tertiary/aromatic N) is 1. The van der Waals surface area contributed by atoms with Crippen molar-refractivity contribution in [3.63, 3.8) is 0 Å². The van der Waals surface area contributed by atoms with Gasteiger partial charge in [0.1, 0.15) is 12.4 Å². The Balaban J connectivity index is 1.45. The van der Waals surface area contributed by atoms with E-state index in [1.807, 2.05) is 12.3 Å². The number of carbonyl (C=O) groups is 3. The fraction of sp³-hybridized carbons (Fsp3) is 0.158. The molecule has 0 spiro atoms. The Kier molecular flexibility index (Phi) is 6.51. The van der Waals surface area contributed by atoms with E-state index in [1.165, 1.54) is 11.3 Å². The first kappa shape index (κ1) is 19.7. The predicted octanol–water partition coefficient (Wildman–Crippen LogP) is 3.21. The van der Waals surface area contributed by atoms with Gasteiger partial charge in [-0.2, -0.15) is 0 Å². The number of carbonyl (C=O) groups excluding carboxylic acids is 3. The highest BCUT2D eigenvalue weighted by Gasteiger charge is 2.14. The summed E-state index contributed by atoms with van der Waals surface area (Å²) in [4.78, 5) is 40.2. The van der Waals surface area contributed by atoms with Crippen molar-refractivity contribution in [2.45, 2.75) is 13.5 Å². The Morgan fingerprint density at radius 1 is 1.11 bits per heavy atom. The number of rotatable bonds is 7. The number of thiazole rings is 1. The molecule has 0 unspecified atom stereocenters. The molecular weight excluding hydrogens is 400 g/mol. The van der Waals surface area contributed by atoms with Crippen LogP contribution in [-0.4, -0.2) is 29.4 Å². The fourth-order valence-corrected chi connectivity index (χ4v) is 3.38. The van der Waals surface area contributed by atoms with Crippen LogP contribution >= 0.6 is 22.7 Å². The summed E-state index contributed by atoms with van der Waals surface area (Å²) in [6.45, 7) is 1.72. The number of amides is 2. The minimum Gasteiger partial charge on any atom is -0.487 e. The maximum Gasteiger partial charge on any atom is 0.338 e. The number of esters is 1. The molecule has 1 N–H and O–H groups in total. The number of hydrogen-bond donors (Lipinski definition) is 1. The number of thiophene rings is 1. The van der Waals surface area contributed by atoms with Gasteiger partial charge in [-0.1, -0.05) is 6.07 Å². The van der Waals surface area contributed by atoms with Gasteiger partial charge in [0.05, 0.1) is 21.1 Å². The molecule has 1 aromatic carbocycles. The topological polar surface area (TPSA) is 94.6 Å². The third-order valence-corrected chi connectivity index (χ3v) is 5.17. The van der Waals surface area contributed by atoms with Gasteiger partial charge in [-0.05, 0) is 42.6 Å². The van der Waals surface area contributed by atoms with Crippen LogP contribution in [-0.2, 0) is 16.1 Å². The van der Waals surface area contributed by atoms with Crippen LogP contribution in [0.1, 0.15) is 30.7 Å². The molecule has 0 aliphatic carbocycles. The molecule has 0 saturated carbocycles. The van der Waals surface area contributed by atoms with Crippen molar-refractivity contribution in [3.8, 4) is 5.75 Å². The van der Waals surface area contributed by atoms with Crippen molar-refractivity contribution in [1.82, 2.24) is 10.3 Å². The van der Waals surface area contributed by atoms with E-state index in [1.54, 1.807) is 53.1 Å². The van der Waals surface area contributed by atoms with Gasteiger partial charge in [0, 0.05) is 5.38 Å². The maximum atomic E-state index is 12.0. The molecule has 3 aromatic rings. The molecule has 7 nitrogen and oxygen atoms in total. The molecule has 0 aliphatic rings. The SMILES string of the molecule is Cc1nc(COc2ccc(C(=O)OCC(=O)NC(=O)c3cccs3)cc2)cs1. The summed E-state index contributed by atoms with van der Waals surface area (Å²) in [7, 11) is 0. The standard InChI is InChI=1S/C19H16N2O5S2/c1-12-20-14(11-28-12)9-25-15-6-4-13(5-7-15)19(24)26-10-17(22)21-18(23)16-3-2-8-27-16/h2-8,11H,9-10H2,1H3,(H,21,22,23). The fourth-order valence-electron chi connectivity index (χ4n) is 2.17. The molecule has 0 aliphatic heterocycles. The number of benzene rings is 1. The van der Waals surface area contributed by atoms with Crippen LogP contribution in [0.3, 0.4) is 0 Å². The lowest BCUT2D eigenvalue weighted by molar-refractivity contribution is -0.123. The molecule has 3 rings (SSSR count). The molecule has 0 bridgehead atoms. The Bertz CT molecular complexity index is 965. The minimum absolute atomic E-state index is 0.272. The molecule has 144 valence electrons. The maximum absolute atomic E-state index is 12.0. The average Bonchev–Trinajstić information content (AvgIpc) is 3.37. The van der Waals surface area contributed by atoms with Crippen LogP contribution in [0.5, 0.6) is 5.75 Å². The van der Waals surface area contributed by atoms with Crippen LogP contribution in [0.4, 0.5) is 0 Å². The third-order valence-electron chi connectivity index (χ3n) is 3.48. The van der Waals surface area contributed by atoms with Gasteiger partial charge in [-0.15, -0.1) is 22.7 Å². The summed E-state index contributed by atoms with van der Waals surface area (Å²) in [5.41, 5.74) is 1.11. The average molecular weight is 416 g/mol. The Hall–Kier alpha value is -3.04. The van der Waals surface area contributed by atoms with Crippen molar-refractivity contribution >= 4 is 40.5 Å². The molecule has 0 atom stereocenters. The summed E-state index contributed by atoms with van der Waals surface area (Å²) < 4.78 is 10.5. The van der Waals surface area contributed by atoms with E-state index in [0.29, 0.717) is 17.2 Å². The quantitative estimate of drug-likeness (QED) is 0.595. The number of imide groups is 1. The van der Waals surface area contributed by atoms with Gasteiger partial charge in [0.25, 0.3) is 11.8 Å². The summed E-state index contributed by atoms with van der Waals surface area (Å²) in [5, 5.41) is 6.79. The number of nitrogens with one attached hydrogen (secondary N) is 1.